The lowest BCUT2D eigenvalue weighted by Gasteiger charge is -2.27. The lowest BCUT2D eigenvalue weighted by atomic mass is 9.99. The molecule has 1 N–H and O–H groups in total. The first-order valence-corrected chi connectivity index (χ1v) is 6.43. The molecule has 94 valence electrons. The van der Waals surface area contributed by atoms with E-state index in [9.17, 15) is 9.59 Å². The molecule has 0 radical (unpaired) electrons. The smallest absolute Gasteiger partial charge is 0.299 e. The fraction of sp³-hybridized carbons (Fsp3) is 0.429. The van der Waals surface area contributed by atoms with Gasteiger partial charge >= 0.3 is 0 Å². The molecule has 4 heteroatoms. The van der Waals surface area contributed by atoms with Crippen LogP contribution >= 0.6 is 0 Å². The highest BCUT2D eigenvalue weighted by molar-refractivity contribution is 6.52. The SMILES string of the molecule is O=C1C(=O)N(CC2CCCNC2)c2ccccc21. The number of fused-ring (bicyclic) bond motifs is 1. The van der Waals surface area contributed by atoms with Crippen molar-refractivity contribution in [2.24, 2.45) is 5.92 Å². The van der Waals surface area contributed by atoms with Crippen molar-refractivity contribution in [1.82, 2.24) is 5.32 Å². The van der Waals surface area contributed by atoms with E-state index < -0.39 is 0 Å². The predicted molar refractivity (Wildman–Crippen MR) is 68.7 cm³/mol. The molecule has 1 aromatic rings. The zero-order valence-corrected chi connectivity index (χ0v) is 10.2. The van der Waals surface area contributed by atoms with Crippen LogP contribution in [-0.2, 0) is 4.79 Å². The van der Waals surface area contributed by atoms with Crippen molar-refractivity contribution >= 4 is 17.4 Å². The molecule has 0 aliphatic carbocycles. The molecule has 3 rings (SSSR count). The second-order valence-corrected chi connectivity index (χ2v) is 4.97. The highest BCUT2D eigenvalue weighted by atomic mass is 16.2. The van der Waals surface area contributed by atoms with Gasteiger partial charge in [-0.15, -0.1) is 0 Å². The summed E-state index contributed by atoms with van der Waals surface area (Å²) in [6.45, 7) is 2.63. The molecule has 0 saturated carbocycles. The molecule has 1 unspecified atom stereocenters. The summed E-state index contributed by atoms with van der Waals surface area (Å²) in [5.74, 6) is -0.294. The van der Waals surface area contributed by atoms with E-state index in [4.69, 9.17) is 0 Å². The van der Waals surface area contributed by atoms with Gasteiger partial charge in [-0.1, -0.05) is 12.1 Å². The average Bonchev–Trinajstić information content (AvgIpc) is 2.66. The lowest BCUT2D eigenvalue weighted by Crippen LogP contribution is -2.40. The molecular formula is C14H16N2O2. The number of amides is 1. The second kappa shape index (κ2) is 4.53. The number of nitrogens with one attached hydrogen (secondary N) is 1. The number of piperidine rings is 1. The van der Waals surface area contributed by atoms with Gasteiger partial charge in [-0.05, 0) is 44.0 Å². The summed E-state index contributed by atoms with van der Waals surface area (Å²) < 4.78 is 0. The van der Waals surface area contributed by atoms with Crippen LogP contribution in [0.15, 0.2) is 24.3 Å². The number of carbonyl (C=O) groups excluding carboxylic acids is 2. The summed E-state index contributed by atoms with van der Waals surface area (Å²) in [5.41, 5.74) is 1.32. The maximum atomic E-state index is 12.0. The molecule has 0 aromatic heterocycles. The number of para-hydroxylation sites is 1. The van der Waals surface area contributed by atoms with Gasteiger partial charge in [0, 0.05) is 6.54 Å². The molecule has 1 saturated heterocycles. The van der Waals surface area contributed by atoms with Crippen molar-refractivity contribution in [2.45, 2.75) is 12.8 Å². The zero-order chi connectivity index (χ0) is 12.5. The Labute approximate surface area is 106 Å². The molecule has 4 nitrogen and oxygen atoms in total. The van der Waals surface area contributed by atoms with E-state index in [1.807, 2.05) is 12.1 Å². The van der Waals surface area contributed by atoms with Gasteiger partial charge in [0.25, 0.3) is 11.7 Å². The van der Waals surface area contributed by atoms with E-state index in [2.05, 4.69) is 5.32 Å². The molecule has 18 heavy (non-hydrogen) atoms. The van der Waals surface area contributed by atoms with Crippen molar-refractivity contribution in [3.05, 3.63) is 29.8 Å². The van der Waals surface area contributed by atoms with Crippen LogP contribution in [0.1, 0.15) is 23.2 Å². The maximum absolute atomic E-state index is 12.0. The monoisotopic (exact) mass is 244 g/mol. The number of hydrogen-bond acceptors (Lipinski definition) is 3. The fourth-order valence-electron chi connectivity index (χ4n) is 2.77. The van der Waals surface area contributed by atoms with E-state index in [1.165, 1.54) is 0 Å². The van der Waals surface area contributed by atoms with Gasteiger partial charge in [0.1, 0.15) is 0 Å². The first kappa shape index (κ1) is 11.4. The number of anilines is 1. The molecular weight excluding hydrogens is 228 g/mol. The van der Waals surface area contributed by atoms with Crippen molar-refractivity contribution in [2.75, 3.05) is 24.5 Å². The summed E-state index contributed by atoms with van der Waals surface area (Å²) >= 11 is 0. The van der Waals surface area contributed by atoms with E-state index in [0.29, 0.717) is 18.0 Å². The van der Waals surface area contributed by atoms with Crippen molar-refractivity contribution in [1.29, 1.82) is 0 Å². The summed E-state index contributed by atoms with van der Waals surface area (Å²) in [6.07, 6.45) is 2.26. The van der Waals surface area contributed by atoms with Gasteiger partial charge in [-0.25, -0.2) is 0 Å². The third-order valence-electron chi connectivity index (χ3n) is 3.72. The molecule has 0 bridgehead atoms. The third-order valence-corrected chi connectivity index (χ3v) is 3.72. The normalized spacial score (nSPS) is 23.3. The van der Waals surface area contributed by atoms with Crippen LogP contribution in [0, 0.1) is 5.92 Å². The highest BCUT2D eigenvalue weighted by Crippen LogP contribution is 2.29. The summed E-state index contributed by atoms with van der Waals surface area (Å²) in [6, 6.07) is 7.26. The Bertz CT molecular complexity index is 492. The highest BCUT2D eigenvalue weighted by Gasteiger charge is 2.36. The largest absolute Gasteiger partial charge is 0.316 e. The first-order chi connectivity index (χ1) is 8.77. The van der Waals surface area contributed by atoms with Crippen molar-refractivity contribution in [3.63, 3.8) is 0 Å². The summed E-state index contributed by atoms with van der Waals surface area (Å²) in [5, 5.41) is 3.34. The van der Waals surface area contributed by atoms with Crippen LogP contribution in [0.3, 0.4) is 0 Å². The van der Waals surface area contributed by atoms with Crippen LogP contribution in [0.5, 0.6) is 0 Å². The minimum atomic E-state index is -0.373. The lowest BCUT2D eigenvalue weighted by molar-refractivity contribution is -0.114. The van der Waals surface area contributed by atoms with E-state index in [-0.39, 0.29) is 11.7 Å². The molecule has 2 heterocycles. The van der Waals surface area contributed by atoms with Gasteiger partial charge < -0.3 is 10.2 Å². The summed E-state index contributed by atoms with van der Waals surface area (Å²) in [4.78, 5) is 25.5. The van der Waals surface area contributed by atoms with Crippen LogP contribution in [-0.4, -0.2) is 31.3 Å². The molecule has 1 fully saturated rings. The average molecular weight is 244 g/mol. The maximum Gasteiger partial charge on any atom is 0.299 e. The van der Waals surface area contributed by atoms with Crippen molar-refractivity contribution in [3.8, 4) is 0 Å². The van der Waals surface area contributed by atoms with Crippen LogP contribution in [0.25, 0.3) is 0 Å². The number of benzene rings is 1. The van der Waals surface area contributed by atoms with E-state index >= 15 is 0 Å². The zero-order valence-electron chi connectivity index (χ0n) is 10.2. The van der Waals surface area contributed by atoms with Gasteiger partial charge in [0.2, 0.25) is 0 Å². The molecule has 1 atom stereocenters. The van der Waals surface area contributed by atoms with Gasteiger partial charge in [-0.3, -0.25) is 9.59 Å². The Morgan fingerprint density at radius 1 is 1.28 bits per heavy atom. The number of ketones is 1. The number of hydrogen-bond donors (Lipinski definition) is 1. The topological polar surface area (TPSA) is 49.4 Å². The number of nitrogens with zero attached hydrogens (tertiary/aromatic N) is 1. The third kappa shape index (κ3) is 1.82. The Morgan fingerprint density at radius 2 is 2.11 bits per heavy atom. The Morgan fingerprint density at radius 3 is 2.89 bits per heavy atom. The minimum absolute atomic E-state index is 0.366. The van der Waals surface area contributed by atoms with E-state index in [0.717, 1.165) is 31.6 Å². The molecule has 1 amide bonds. The fourth-order valence-corrected chi connectivity index (χ4v) is 2.77. The van der Waals surface area contributed by atoms with E-state index in [1.54, 1.807) is 17.0 Å². The predicted octanol–water partition coefficient (Wildman–Crippen LogP) is 1.22. The standard InChI is InChI=1S/C14H16N2O2/c17-13-11-5-1-2-6-12(11)16(14(13)18)9-10-4-3-7-15-8-10/h1-2,5-6,10,15H,3-4,7-9H2. The summed E-state index contributed by atoms with van der Waals surface area (Å²) in [7, 11) is 0. The number of carbonyl (C=O) groups is 2. The van der Waals surface area contributed by atoms with Crippen LogP contribution in [0.4, 0.5) is 5.69 Å². The Balaban J connectivity index is 1.83. The minimum Gasteiger partial charge on any atom is -0.316 e. The molecule has 0 spiro atoms. The molecule has 2 aliphatic heterocycles. The van der Waals surface area contributed by atoms with Crippen molar-refractivity contribution < 1.29 is 9.59 Å². The van der Waals surface area contributed by atoms with Gasteiger partial charge in [0.05, 0.1) is 11.3 Å². The Hall–Kier alpha value is -1.68. The van der Waals surface area contributed by atoms with Crippen LogP contribution < -0.4 is 10.2 Å². The van der Waals surface area contributed by atoms with Gasteiger partial charge in [0.15, 0.2) is 0 Å². The second-order valence-electron chi connectivity index (χ2n) is 4.97. The Kier molecular flexibility index (Phi) is 2.88. The van der Waals surface area contributed by atoms with Gasteiger partial charge in [-0.2, -0.15) is 0 Å². The quantitative estimate of drug-likeness (QED) is 0.796. The first-order valence-electron chi connectivity index (χ1n) is 6.43. The van der Waals surface area contributed by atoms with Crippen LogP contribution in [0.2, 0.25) is 0 Å². The number of rotatable bonds is 2. The number of Topliss-reactive ketones (excluding diaryl/α,β-unsaturated/α-hetero) is 1. The molecule has 2 aliphatic rings. The molecule has 1 aromatic carbocycles.